The first kappa shape index (κ1) is 21.5. The third-order valence-electron chi connectivity index (χ3n) is 5.19. The predicted molar refractivity (Wildman–Crippen MR) is 130 cm³/mol. The number of esters is 1. The Morgan fingerprint density at radius 3 is 2.28 bits per heavy atom. The molecule has 4 rings (SSSR count). The van der Waals surface area contributed by atoms with E-state index in [1.54, 1.807) is 6.92 Å². The van der Waals surface area contributed by atoms with Crippen LogP contribution < -0.4 is 5.32 Å². The van der Waals surface area contributed by atoms with Crippen molar-refractivity contribution in [2.45, 2.75) is 13.5 Å². The van der Waals surface area contributed by atoms with Crippen molar-refractivity contribution in [2.24, 2.45) is 0 Å². The van der Waals surface area contributed by atoms with E-state index in [1.807, 2.05) is 84.9 Å². The minimum Gasteiger partial charge on any atom is -0.461 e. The molecular formula is C28H26N2O2. The Labute approximate surface area is 188 Å². The van der Waals surface area contributed by atoms with Gasteiger partial charge in [0.1, 0.15) is 0 Å². The third kappa shape index (κ3) is 4.93. The molecule has 0 aliphatic heterocycles. The van der Waals surface area contributed by atoms with E-state index in [0.29, 0.717) is 18.8 Å². The second-order valence-electron chi connectivity index (χ2n) is 7.37. The second kappa shape index (κ2) is 10.5. The molecular weight excluding hydrogens is 396 g/mol. The molecule has 0 saturated heterocycles. The van der Waals surface area contributed by atoms with Crippen molar-refractivity contribution in [1.82, 2.24) is 10.3 Å². The van der Waals surface area contributed by atoms with Gasteiger partial charge in [-0.15, -0.1) is 0 Å². The minimum atomic E-state index is -0.410. The fourth-order valence-corrected chi connectivity index (χ4v) is 3.70. The lowest BCUT2D eigenvalue weighted by Crippen LogP contribution is -2.13. The summed E-state index contributed by atoms with van der Waals surface area (Å²) in [5, 5.41) is 5.39. The molecule has 0 bridgehead atoms. The molecule has 4 nitrogen and oxygen atoms in total. The van der Waals surface area contributed by atoms with Gasteiger partial charge in [0.15, 0.2) is 5.69 Å². The summed E-state index contributed by atoms with van der Waals surface area (Å²) in [5.74, 6) is -0.410. The monoisotopic (exact) mass is 422 g/mol. The normalized spacial score (nSPS) is 11.2. The molecule has 0 fully saturated rings. The van der Waals surface area contributed by atoms with Crippen LogP contribution in [0.3, 0.4) is 0 Å². The first-order valence-corrected chi connectivity index (χ1v) is 10.8. The summed E-state index contributed by atoms with van der Waals surface area (Å²) in [6, 6.07) is 28.2. The maximum Gasteiger partial charge on any atom is 0.357 e. The largest absolute Gasteiger partial charge is 0.461 e. The van der Waals surface area contributed by atoms with E-state index in [1.165, 1.54) is 5.56 Å². The van der Waals surface area contributed by atoms with Crippen LogP contribution in [-0.2, 0) is 11.3 Å². The van der Waals surface area contributed by atoms with Gasteiger partial charge in [0.2, 0.25) is 0 Å². The molecule has 0 radical (unpaired) electrons. The summed E-state index contributed by atoms with van der Waals surface area (Å²) in [5.41, 5.74) is 4.09. The molecule has 4 aromatic rings. The van der Waals surface area contributed by atoms with Crippen molar-refractivity contribution in [3.63, 3.8) is 0 Å². The fourth-order valence-electron chi connectivity index (χ4n) is 3.70. The quantitative estimate of drug-likeness (QED) is 0.284. The van der Waals surface area contributed by atoms with Gasteiger partial charge >= 0.3 is 5.97 Å². The Balaban J connectivity index is 1.70. The smallest absolute Gasteiger partial charge is 0.357 e. The second-order valence-corrected chi connectivity index (χ2v) is 7.37. The van der Waals surface area contributed by atoms with Crippen molar-refractivity contribution in [2.75, 3.05) is 13.2 Å². The van der Waals surface area contributed by atoms with Crippen LogP contribution in [0.2, 0.25) is 0 Å². The summed E-state index contributed by atoms with van der Waals surface area (Å²) in [6.07, 6.45) is 3.99. The Morgan fingerprint density at radius 1 is 0.906 bits per heavy atom. The van der Waals surface area contributed by atoms with Gasteiger partial charge in [0.05, 0.1) is 12.3 Å². The van der Waals surface area contributed by atoms with Crippen molar-refractivity contribution in [3.05, 3.63) is 108 Å². The Hall–Kier alpha value is -3.76. The Morgan fingerprint density at radius 2 is 1.56 bits per heavy atom. The van der Waals surface area contributed by atoms with Gasteiger partial charge in [0.25, 0.3) is 0 Å². The highest BCUT2D eigenvalue weighted by Crippen LogP contribution is 2.31. The average Bonchev–Trinajstić information content (AvgIpc) is 2.85. The molecule has 3 aromatic carbocycles. The van der Waals surface area contributed by atoms with Crippen LogP contribution in [0.25, 0.3) is 28.1 Å². The number of rotatable bonds is 8. The summed E-state index contributed by atoms with van der Waals surface area (Å²) in [4.78, 5) is 17.6. The van der Waals surface area contributed by atoms with Crippen LogP contribution in [0, 0.1) is 0 Å². The number of ether oxygens (including phenoxy) is 1. The van der Waals surface area contributed by atoms with Gasteiger partial charge in [-0.2, -0.15) is 0 Å². The average molecular weight is 423 g/mol. The zero-order valence-corrected chi connectivity index (χ0v) is 18.1. The van der Waals surface area contributed by atoms with Gasteiger partial charge in [-0.05, 0) is 17.9 Å². The first-order valence-electron chi connectivity index (χ1n) is 10.8. The molecule has 160 valence electrons. The van der Waals surface area contributed by atoms with Crippen LogP contribution in [0.5, 0.6) is 0 Å². The molecule has 32 heavy (non-hydrogen) atoms. The first-order chi connectivity index (χ1) is 15.8. The van der Waals surface area contributed by atoms with Gasteiger partial charge in [-0.3, -0.25) is 0 Å². The van der Waals surface area contributed by atoms with E-state index >= 15 is 0 Å². The number of hydrogen-bond acceptors (Lipinski definition) is 4. The molecule has 0 spiro atoms. The molecule has 0 saturated carbocycles. The van der Waals surface area contributed by atoms with Crippen LogP contribution in [0.1, 0.15) is 28.5 Å². The molecule has 1 aromatic heterocycles. The van der Waals surface area contributed by atoms with E-state index < -0.39 is 5.97 Å². The molecule has 1 heterocycles. The number of nitrogens with one attached hydrogen (secondary N) is 1. The third-order valence-corrected chi connectivity index (χ3v) is 5.19. The number of carbonyl (C=O) groups excluding carboxylic acids is 1. The van der Waals surface area contributed by atoms with Gasteiger partial charge in [-0.1, -0.05) is 97.1 Å². The molecule has 0 atom stereocenters. The lowest BCUT2D eigenvalue weighted by Gasteiger charge is -2.13. The van der Waals surface area contributed by atoms with Crippen LogP contribution in [0.15, 0.2) is 91.0 Å². The summed E-state index contributed by atoms with van der Waals surface area (Å²) in [7, 11) is 0. The highest BCUT2D eigenvalue weighted by atomic mass is 16.5. The highest BCUT2D eigenvalue weighted by molar-refractivity contribution is 6.06. The zero-order chi connectivity index (χ0) is 22.2. The molecule has 0 amide bonds. The maximum absolute atomic E-state index is 12.8. The number of fused-ring (bicyclic) bond motifs is 1. The lowest BCUT2D eigenvalue weighted by molar-refractivity contribution is 0.0519. The fraction of sp³-hybridized carbons (Fsp3) is 0.143. The zero-order valence-electron chi connectivity index (χ0n) is 18.1. The van der Waals surface area contributed by atoms with Crippen molar-refractivity contribution < 1.29 is 9.53 Å². The van der Waals surface area contributed by atoms with E-state index in [4.69, 9.17) is 9.72 Å². The molecule has 4 heteroatoms. The van der Waals surface area contributed by atoms with Crippen LogP contribution >= 0.6 is 0 Å². The van der Waals surface area contributed by atoms with E-state index in [2.05, 4.69) is 17.4 Å². The molecule has 0 aliphatic rings. The lowest BCUT2D eigenvalue weighted by atomic mass is 9.98. The Bertz CT molecular complexity index is 1220. The van der Waals surface area contributed by atoms with Crippen molar-refractivity contribution in [3.8, 4) is 11.3 Å². The molecule has 0 unspecified atom stereocenters. The van der Waals surface area contributed by atoms with E-state index in [-0.39, 0.29) is 0 Å². The summed E-state index contributed by atoms with van der Waals surface area (Å²) in [6.45, 7) is 3.56. The van der Waals surface area contributed by atoms with Crippen molar-refractivity contribution in [1.29, 1.82) is 0 Å². The van der Waals surface area contributed by atoms with Gasteiger partial charge in [0, 0.05) is 29.6 Å². The number of carbonyl (C=O) groups is 1. The summed E-state index contributed by atoms with van der Waals surface area (Å²) >= 11 is 0. The topological polar surface area (TPSA) is 51.2 Å². The van der Waals surface area contributed by atoms with E-state index in [0.717, 1.165) is 34.1 Å². The molecule has 1 N–H and O–H groups in total. The standard InChI is InChI=1S/C28H26N2O2/c1-2-32-28(31)27-25(18-11-19-29-20-21-12-5-3-6-13-21)23-16-9-10-17-24(23)26(30-27)22-14-7-4-8-15-22/h3-18,29H,2,19-20H2,1H3/b18-11-. The number of aromatic nitrogens is 1. The summed E-state index contributed by atoms with van der Waals surface area (Å²) < 4.78 is 5.34. The minimum absolute atomic E-state index is 0.301. The maximum atomic E-state index is 12.8. The van der Waals surface area contributed by atoms with Crippen molar-refractivity contribution >= 4 is 22.8 Å². The predicted octanol–water partition coefficient (Wildman–Crippen LogP) is 5.88. The highest BCUT2D eigenvalue weighted by Gasteiger charge is 2.19. The van der Waals surface area contributed by atoms with Gasteiger partial charge in [-0.25, -0.2) is 9.78 Å². The number of hydrogen-bond donors (Lipinski definition) is 1. The van der Waals surface area contributed by atoms with E-state index in [9.17, 15) is 4.79 Å². The SMILES string of the molecule is CCOC(=O)c1nc(-c2ccccc2)c2ccccc2c1/C=C\CNCc1ccccc1. The van der Waals surface area contributed by atoms with Crippen LogP contribution in [-0.4, -0.2) is 24.1 Å². The number of nitrogens with zero attached hydrogens (tertiary/aromatic N) is 1. The Kier molecular flexibility index (Phi) is 7.05. The number of pyridine rings is 1. The van der Waals surface area contributed by atoms with Crippen LogP contribution in [0.4, 0.5) is 0 Å². The molecule has 0 aliphatic carbocycles. The van der Waals surface area contributed by atoms with Gasteiger partial charge < -0.3 is 10.1 Å². The number of benzene rings is 3.